The normalized spacial score (nSPS) is 22.2. The van der Waals surface area contributed by atoms with Crippen LogP contribution in [0.15, 0.2) is 24.3 Å². The third-order valence-electron chi connectivity index (χ3n) is 6.25. The van der Waals surface area contributed by atoms with Gasteiger partial charge < -0.3 is 14.9 Å². The standard InChI is InChI=1S/C22H32N2O3/c1-16(2)23-12-9-17(10-13-23)14-21(25)24-11-3-4-20(15-24)18-5-7-19(8-6-18)22(26)27/h5-8,16-17,20H,3-4,9-15H2,1-2H3,(H,26,27)/t20-/m0/s1. The molecular weight excluding hydrogens is 340 g/mol. The molecule has 0 saturated carbocycles. The van der Waals surface area contributed by atoms with E-state index >= 15 is 0 Å². The van der Waals surface area contributed by atoms with Gasteiger partial charge in [0.1, 0.15) is 0 Å². The molecule has 2 fully saturated rings. The quantitative estimate of drug-likeness (QED) is 0.858. The second kappa shape index (κ2) is 8.87. The lowest BCUT2D eigenvalue weighted by molar-refractivity contribution is -0.133. The molecule has 5 nitrogen and oxygen atoms in total. The third-order valence-corrected chi connectivity index (χ3v) is 6.25. The van der Waals surface area contributed by atoms with E-state index in [0.29, 0.717) is 35.8 Å². The largest absolute Gasteiger partial charge is 0.478 e. The number of nitrogens with zero attached hydrogens (tertiary/aromatic N) is 2. The molecule has 1 N–H and O–H groups in total. The van der Waals surface area contributed by atoms with Crippen LogP contribution in [-0.2, 0) is 4.79 Å². The van der Waals surface area contributed by atoms with Crippen molar-refractivity contribution in [3.8, 4) is 0 Å². The summed E-state index contributed by atoms with van der Waals surface area (Å²) in [5.74, 6) is 0.228. The number of carboxylic acid groups (broad SMARTS) is 1. The Morgan fingerprint density at radius 2 is 1.74 bits per heavy atom. The van der Waals surface area contributed by atoms with Gasteiger partial charge in [-0.05, 0) is 76.2 Å². The minimum absolute atomic E-state index is 0.296. The number of hydrogen-bond acceptors (Lipinski definition) is 3. The summed E-state index contributed by atoms with van der Waals surface area (Å²) in [6, 6.07) is 7.74. The Balaban J connectivity index is 1.53. The third kappa shape index (κ3) is 5.10. The van der Waals surface area contributed by atoms with Gasteiger partial charge >= 0.3 is 5.97 Å². The molecule has 0 aromatic heterocycles. The van der Waals surface area contributed by atoms with Gasteiger partial charge in [-0.25, -0.2) is 4.79 Å². The summed E-state index contributed by atoms with van der Waals surface area (Å²) in [5, 5.41) is 9.05. The van der Waals surface area contributed by atoms with Crippen molar-refractivity contribution < 1.29 is 14.7 Å². The van der Waals surface area contributed by atoms with Gasteiger partial charge in [0.2, 0.25) is 5.91 Å². The highest BCUT2D eigenvalue weighted by Crippen LogP contribution is 2.29. The molecule has 3 rings (SSSR count). The number of hydrogen-bond donors (Lipinski definition) is 1. The molecule has 0 spiro atoms. The van der Waals surface area contributed by atoms with Crippen molar-refractivity contribution in [3.63, 3.8) is 0 Å². The minimum Gasteiger partial charge on any atom is -0.478 e. The summed E-state index contributed by atoms with van der Waals surface area (Å²) in [6.45, 7) is 8.30. The number of amides is 1. The Labute approximate surface area is 162 Å². The molecule has 0 unspecified atom stereocenters. The molecule has 2 aliphatic heterocycles. The first-order chi connectivity index (χ1) is 12.9. The molecule has 2 heterocycles. The maximum atomic E-state index is 12.8. The Morgan fingerprint density at radius 1 is 1.07 bits per heavy atom. The molecule has 5 heteroatoms. The average molecular weight is 373 g/mol. The molecule has 1 amide bonds. The maximum absolute atomic E-state index is 12.8. The number of carboxylic acids is 1. The van der Waals surface area contributed by atoms with Crippen LogP contribution in [0, 0.1) is 5.92 Å². The van der Waals surface area contributed by atoms with Gasteiger partial charge in [0.15, 0.2) is 0 Å². The molecule has 1 aromatic carbocycles. The Hall–Kier alpha value is -1.88. The Morgan fingerprint density at radius 3 is 2.33 bits per heavy atom. The highest BCUT2D eigenvalue weighted by molar-refractivity contribution is 5.87. The van der Waals surface area contributed by atoms with Gasteiger partial charge in [-0.1, -0.05) is 12.1 Å². The van der Waals surface area contributed by atoms with Crippen LogP contribution in [0.25, 0.3) is 0 Å². The number of likely N-dealkylation sites (tertiary alicyclic amines) is 2. The molecule has 0 aliphatic carbocycles. The van der Waals surface area contributed by atoms with E-state index in [1.165, 1.54) is 0 Å². The van der Waals surface area contributed by atoms with Crippen LogP contribution in [0.5, 0.6) is 0 Å². The number of carbonyl (C=O) groups is 2. The fraction of sp³-hybridized carbons (Fsp3) is 0.636. The van der Waals surface area contributed by atoms with Crippen molar-refractivity contribution in [1.82, 2.24) is 9.80 Å². The zero-order valence-corrected chi connectivity index (χ0v) is 16.6. The van der Waals surface area contributed by atoms with Gasteiger partial charge in [0.05, 0.1) is 5.56 Å². The van der Waals surface area contributed by atoms with Crippen molar-refractivity contribution in [2.45, 2.75) is 57.9 Å². The van der Waals surface area contributed by atoms with Crippen molar-refractivity contribution in [2.24, 2.45) is 5.92 Å². The van der Waals surface area contributed by atoms with E-state index in [2.05, 4.69) is 18.7 Å². The number of carbonyl (C=O) groups excluding carboxylic acids is 1. The fourth-order valence-corrected chi connectivity index (χ4v) is 4.42. The van der Waals surface area contributed by atoms with Crippen LogP contribution in [-0.4, -0.2) is 59.0 Å². The number of aromatic carboxylic acids is 1. The van der Waals surface area contributed by atoms with Crippen molar-refractivity contribution in [2.75, 3.05) is 26.2 Å². The lowest BCUT2D eigenvalue weighted by Crippen LogP contribution is -2.42. The van der Waals surface area contributed by atoms with Crippen LogP contribution in [0.3, 0.4) is 0 Å². The molecule has 148 valence electrons. The summed E-state index contributed by atoms with van der Waals surface area (Å²) >= 11 is 0. The predicted molar refractivity (Wildman–Crippen MR) is 106 cm³/mol. The van der Waals surface area contributed by atoms with Crippen LogP contribution >= 0.6 is 0 Å². The summed E-state index contributed by atoms with van der Waals surface area (Å²) < 4.78 is 0. The second-order valence-electron chi connectivity index (χ2n) is 8.38. The topological polar surface area (TPSA) is 60.9 Å². The van der Waals surface area contributed by atoms with E-state index in [1.54, 1.807) is 12.1 Å². The number of benzene rings is 1. The van der Waals surface area contributed by atoms with Crippen molar-refractivity contribution in [3.05, 3.63) is 35.4 Å². The van der Waals surface area contributed by atoms with E-state index < -0.39 is 5.97 Å². The highest BCUT2D eigenvalue weighted by Gasteiger charge is 2.28. The number of rotatable bonds is 5. The lowest BCUT2D eigenvalue weighted by Gasteiger charge is -2.37. The first kappa shape index (κ1) is 19.9. The smallest absolute Gasteiger partial charge is 0.335 e. The summed E-state index contributed by atoms with van der Waals surface area (Å²) in [7, 11) is 0. The zero-order valence-electron chi connectivity index (χ0n) is 16.6. The molecule has 2 aliphatic rings. The first-order valence-corrected chi connectivity index (χ1v) is 10.3. The SMILES string of the molecule is CC(C)N1CCC(CC(=O)N2CCC[C@H](c3ccc(C(=O)O)cc3)C2)CC1. The van der Waals surface area contributed by atoms with E-state index in [1.807, 2.05) is 17.0 Å². The molecule has 0 radical (unpaired) electrons. The van der Waals surface area contributed by atoms with Crippen molar-refractivity contribution in [1.29, 1.82) is 0 Å². The van der Waals surface area contributed by atoms with Crippen molar-refractivity contribution >= 4 is 11.9 Å². The molecule has 1 aromatic rings. The van der Waals surface area contributed by atoms with E-state index in [9.17, 15) is 9.59 Å². The van der Waals surface area contributed by atoms with Crippen LogP contribution in [0.4, 0.5) is 0 Å². The van der Waals surface area contributed by atoms with Gasteiger partial charge in [-0.3, -0.25) is 4.79 Å². The van der Waals surface area contributed by atoms with E-state index in [-0.39, 0.29) is 0 Å². The average Bonchev–Trinajstić information content (AvgIpc) is 2.68. The first-order valence-electron chi connectivity index (χ1n) is 10.3. The van der Waals surface area contributed by atoms with E-state index in [0.717, 1.165) is 57.4 Å². The van der Waals surface area contributed by atoms with Crippen LogP contribution in [0.2, 0.25) is 0 Å². The number of piperidine rings is 2. The van der Waals surface area contributed by atoms with Gasteiger partial charge in [-0.2, -0.15) is 0 Å². The van der Waals surface area contributed by atoms with Gasteiger partial charge in [0, 0.05) is 31.5 Å². The van der Waals surface area contributed by atoms with Crippen LogP contribution < -0.4 is 0 Å². The molecule has 27 heavy (non-hydrogen) atoms. The minimum atomic E-state index is -0.898. The maximum Gasteiger partial charge on any atom is 0.335 e. The molecule has 2 saturated heterocycles. The monoisotopic (exact) mass is 372 g/mol. The lowest BCUT2D eigenvalue weighted by atomic mass is 9.88. The summed E-state index contributed by atoms with van der Waals surface area (Å²) in [5.41, 5.74) is 1.46. The summed E-state index contributed by atoms with van der Waals surface area (Å²) in [4.78, 5) is 28.4. The zero-order chi connectivity index (χ0) is 19.4. The second-order valence-corrected chi connectivity index (χ2v) is 8.38. The molecule has 1 atom stereocenters. The van der Waals surface area contributed by atoms with Crippen LogP contribution in [0.1, 0.15) is 67.8 Å². The predicted octanol–water partition coefficient (Wildman–Crippen LogP) is 3.60. The Kier molecular flexibility index (Phi) is 6.53. The Bertz CT molecular complexity index is 648. The summed E-state index contributed by atoms with van der Waals surface area (Å²) in [6.07, 6.45) is 5.00. The molecule has 0 bridgehead atoms. The molecular formula is C22H32N2O3. The van der Waals surface area contributed by atoms with Gasteiger partial charge in [-0.15, -0.1) is 0 Å². The highest BCUT2D eigenvalue weighted by atomic mass is 16.4. The van der Waals surface area contributed by atoms with E-state index in [4.69, 9.17) is 5.11 Å². The fourth-order valence-electron chi connectivity index (χ4n) is 4.42. The van der Waals surface area contributed by atoms with Gasteiger partial charge in [0.25, 0.3) is 0 Å².